The summed E-state index contributed by atoms with van der Waals surface area (Å²) in [6, 6.07) is -1.12. The smallest absolute Gasteiger partial charge is 0.389 e. The molecule has 0 aliphatic carbocycles. The summed E-state index contributed by atoms with van der Waals surface area (Å²) in [5.74, 6) is -4.75. The van der Waals surface area contributed by atoms with Gasteiger partial charge in [-0.05, 0) is 20.3 Å². The highest BCUT2D eigenvalue weighted by atomic mass is 19.4. The van der Waals surface area contributed by atoms with Crippen LogP contribution in [-0.2, 0) is 0 Å². The first-order valence-corrected chi connectivity index (χ1v) is 4.30. The van der Waals surface area contributed by atoms with Crippen LogP contribution in [0.25, 0.3) is 0 Å². The maximum atomic E-state index is 12.4. The zero-order chi connectivity index (χ0) is 12.5. The van der Waals surface area contributed by atoms with Crippen molar-refractivity contribution in [3.05, 3.63) is 0 Å². The first kappa shape index (κ1) is 17.9. The molecule has 0 rings (SSSR count). The van der Waals surface area contributed by atoms with Crippen molar-refractivity contribution < 1.29 is 27.1 Å². The number of halogens is 5. The Kier molecular flexibility index (Phi) is 5.91. The SMILES string of the molecule is C.CC(C)(O)C(N)CCC(F)(F)C(F)(F)F. The average Bonchev–Trinajstić information content (AvgIpc) is 1.96. The van der Waals surface area contributed by atoms with E-state index < -0.39 is 36.6 Å². The van der Waals surface area contributed by atoms with Crippen molar-refractivity contribution in [2.75, 3.05) is 0 Å². The van der Waals surface area contributed by atoms with E-state index in [0.29, 0.717) is 0 Å². The van der Waals surface area contributed by atoms with Crippen molar-refractivity contribution in [2.24, 2.45) is 5.73 Å². The van der Waals surface area contributed by atoms with Gasteiger partial charge in [-0.1, -0.05) is 7.43 Å². The summed E-state index contributed by atoms with van der Waals surface area (Å²) >= 11 is 0. The van der Waals surface area contributed by atoms with Crippen molar-refractivity contribution in [1.82, 2.24) is 0 Å². The van der Waals surface area contributed by atoms with Crippen molar-refractivity contribution in [2.45, 2.75) is 57.9 Å². The molecule has 7 heteroatoms. The topological polar surface area (TPSA) is 46.2 Å². The van der Waals surface area contributed by atoms with Crippen LogP contribution in [0.1, 0.15) is 34.1 Å². The predicted molar refractivity (Wildman–Crippen MR) is 51.2 cm³/mol. The molecule has 0 aromatic heterocycles. The Morgan fingerprint density at radius 3 is 1.75 bits per heavy atom. The van der Waals surface area contributed by atoms with E-state index in [2.05, 4.69) is 0 Å². The van der Waals surface area contributed by atoms with Crippen LogP contribution >= 0.6 is 0 Å². The van der Waals surface area contributed by atoms with Crippen LogP contribution in [0.3, 0.4) is 0 Å². The Balaban J connectivity index is 0. The highest BCUT2D eigenvalue weighted by Gasteiger charge is 2.56. The maximum absolute atomic E-state index is 12.4. The van der Waals surface area contributed by atoms with Crippen LogP contribution in [0.15, 0.2) is 0 Å². The van der Waals surface area contributed by atoms with Gasteiger partial charge in [0, 0.05) is 12.5 Å². The zero-order valence-electron chi connectivity index (χ0n) is 8.41. The minimum atomic E-state index is -5.56. The molecule has 0 heterocycles. The fourth-order valence-corrected chi connectivity index (χ4v) is 0.832. The van der Waals surface area contributed by atoms with Gasteiger partial charge in [-0.15, -0.1) is 0 Å². The van der Waals surface area contributed by atoms with Crippen LogP contribution < -0.4 is 5.73 Å². The largest absolute Gasteiger partial charge is 0.453 e. The molecule has 0 saturated carbocycles. The summed E-state index contributed by atoms with van der Waals surface area (Å²) in [6.07, 6.45) is -7.58. The van der Waals surface area contributed by atoms with E-state index in [4.69, 9.17) is 5.73 Å². The Hall–Kier alpha value is -0.430. The van der Waals surface area contributed by atoms with E-state index in [1.165, 1.54) is 13.8 Å². The number of aliphatic hydroxyl groups is 1. The van der Waals surface area contributed by atoms with Gasteiger partial charge in [0.1, 0.15) is 0 Å². The van der Waals surface area contributed by atoms with Gasteiger partial charge in [0.25, 0.3) is 0 Å². The molecular weight excluding hydrogens is 233 g/mol. The Morgan fingerprint density at radius 2 is 1.50 bits per heavy atom. The van der Waals surface area contributed by atoms with Crippen molar-refractivity contribution in [3.8, 4) is 0 Å². The van der Waals surface area contributed by atoms with Crippen LogP contribution in [0.4, 0.5) is 22.0 Å². The highest BCUT2D eigenvalue weighted by Crippen LogP contribution is 2.39. The molecule has 0 aliphatic heterocycles. The van der Waals surface area contributed by atoms with Crippen LogP contribution in [0.2, 0.25) is 0 Å². The van der Waals surface area contributed by atoms with E-state index in [0.717, 1.165) is 0 Å². The monoisotopic (exact) mass is 251 g/mol. The van der Waals surface area contributed by atoms with Crippen molar-refractivity contribution in [1.29, 1.82) is 0 Å². The molecule has 16 heavy (non-hydrogen) atoms. The van der Waals surface area contributed by atoms with Gasteiger partial charge in [0.15, 0.2) is 0 Å². The lowest BCUT2D eigenvalue weighted by molar-refractivity contribution is -0.285. The molecule has 0 spiro atoms. The summed E-state index contributed by atoms with van der Waals surface area (Å²) in [6.45, 7) is 2.51. The Bertz CT molecular complexity index is 209. The predicted octanol–water partition coefficient (Wildman–Crippen LogP) is 2.70. The lowest BCUT2D eigenvalue weighted by Crippen LogP contribution is -2.45. The third kappa shape index (κ3) is 5.07. The van der Waals surface area contributed by atoms with Gasteiger partial charge in [-0.3, -0.25) is 0 Å². The molecule has 0 saturated heterocycles. The molecular formula is C9H18F5NO. The third-order valence-corrected chi connectivity index (χ3v) is 2.09. The van der Waals surface area contributed by atoms with E-state index in [1.807, 2.05) is 0 Å². The van der Waals surface area contributed by atoms with Gasteiger partial charge in [-0.2, -0.15) is 22.0 Å². The van der Waals surface area contributed by atoms with Crippen molar-refractivity contribution in [3.63, 3.8) is 0 Å². The zero-order valence-corrected chi connectivity index (χ0v) is 8.41. The minimum Gasteiger partial charge on any atom is -0.389 e. The van der Waals surface area contributed by atoms with Gasteiger partial charge >= 0.3 is 12.1 Å². The summed E-state index contributed by atoms with van der Waals surface area (Å²) in [7, 11) is 0. The third-order valence-electron chi connectivity index (χ3n) is 2.09. The fourth-order valence-electron chi connectivity index (χ4n) is 0.832. The molecule has 100 valence electrons. The first-order chi connectivity index (χ1) is 6.38. The number of rotatable bonds is 4. The van der Waals surface area contributed by atoms with Crippen LogP contribution in [0, 0.1) is 0 Å². The van der Waals surface area contributed by atoms with Crippen molar-refractivity contribution >= 4 is 0 Å². The van der Waals surface area contributed by atoms with E-state index in [9.17, 15) is 27.1 Å². The highest BCUT2D eigenvalue weighted by molar-refractivity contribution is 4.84. The molecule has 0 amide bonds. The lowest BCUT2D eigenvalue weighted by atomic mass is 9.94. The summed E-state index contributed by atoms with van der Waals surface area (Å²) in [5, 5.41) is 9.23. The number of alkyl halides is 5. The standard InChI is InChI=1S/C8H14F5NO.CH4/c1-6(2,15)5(14)3-4-7(9,10)8(11,12)13;/h5,15H,3-4,14H2,1-2H3;1H4. The molecule has 0 bridgehead atoms. The molecule has 3 N–H and O–H groups in total. The number of hydrogen-bond donors (Lipinski definition) is 2. The second kappa shape index (κ2) is 5.27. The van der Waals surface area contributed by atoms with Crippen LogP contribution in [-0.4, -0.2) is 28.8 Å². The number of hydrogen-bond acceptors (Lipinski definition) is 2. The normalized spacial score (nSPS) is 15.6. The van der Waals surface area contributed by atoms with E-state index >= 15 is 0 Å². The van der Waals surface area contributed by atoms with Gasteiger partial charge < -0.3 is 10.8 Å². The van der Waals surface area contributed by atoms with Gasteiger partial charge in [-0.25, -0.2) is 0 Å². The fraction of sp³-hybridized carbons (Fsp3) is 1.00. The Morgan fingerprint density at radius 1 is 1.12 bits per heavy atom. The molecule has 0 aromatic carbocycles. The Labute approximate surface area is 91.6 Å². The van der Waals surface area contributed by atoms with Gasteiger partial charge in [0.05, 0.1) is 5.60 Å². The van der Waals surface area contributed by atoms with Crippen LogP contribution in [0.5, 0.6) is 0 Å². The van der Waals surface area contributed by atoms with E-state index in [1.54, 1.807) is 0 Å². The second-order valence-electron chi connectivity index (χ2n) is 4.00. The molecule has 2 nitrogen and oxygen atoms in total. The molecule has 0 fully saturated rings. The quantitative estimate of drug-likeness (QED) is 0.754. The van der Waals surface area contributed by atoms with E-state index in [-0.39, 0.29) is 7.43 Å². The number of nitrogens with two attached hydrogens (primary N) is 1. The minimum absolute atomic E-state index is 0. The van der Waals surface area contributed by atoms with Gasteiger partial charge in [0.2, 0.25) is 0 Å². The second-order valence-corrected chi connectivity index (χ2v) is 4.00. The average molecular weight is 251 g/mol. The molecule has 1 unspecified atom stereocenters. The molecule has 0 radical (unpaired) electrons. The lowest BCUT2D eigenvalue weighted by Gasteiger charge is -2.27. The molecule has 0 aliphatic rings. The summed E-state index contributed by atoms with van der Waals surface area (Å²) < 4.78 is 60.0. The summed E-state index contributed by atoms with van der Waals surface area (Å²) in [4.78, 5) is 0. The molecule has 0 aromatic rings. The molecule has 1 atom stereocenters. The maximum Gasteiger partial charge on any atom is 0.453 e. The first-order valence-electron chi connectivity index (χ1n) is 4.30. The summed E-state index contributed by atoms with van der Waals surface area (Å²) in [5.41, 5.74) is 3.78.